The fraction of sp³-hybridized carbons (Fsp3) is 0.242. The normalized spacial score (nSPS) is 16.3. The van der Waals surface area contributed by atoms with Gasteiger partial charge in [-0.2, -0.15) is 10.2 Å². The number of esters is 1. The van der Waals surface area contributed by atoms with Crippen molar-refractivity contribution in [1.82, 2.24) is 20.0 Å². The lowest BCUT2D eigenvalue weighted by Gasteiger charge is -2.32. The van der Waals surface area contributed by atoms with Crippen LogP contribution in [0.1, 0.15) is 21.5 Å². The monoisotopic (exact) mass is 591 g/mol. The first kappa shape index (κ1) is 29.0. The molecular weight excluding hydrogens is 558 g/mol. The lowest BCUT2D eigenvalue weighted by atomic mass is 9.98. The quantitative estimate of drug-likeness (QED) is 0.246. The lowest BCUT2D eigenvalue weighted by molar-refractivity contribution is -0.119. The molecule has 0 bridgehead atoms. The number of likely N-dealkylation sites (N-methyl/N-ethyl adjacent to an activating group) is 2. The highest BCUT2D eigenvalue weighted by Gasteiger charge is 2.30. The van der Waals surface area contributed by atoms with Gasteiger partial charge in [-0.25, -0.2) is 4.79 Å². The van der Waals surface area contributed by atoms with Gasteiger partial charge in [-0.1, -0.05) is 18.2 Å². The van der Waals surface area contributed by atoms with E-state index in [-0.39, 0.29) is 11.8 Å². The van der Waals surface area contributed by atoms with Crippen LogP contribution in [-0.2, 0) is 14.3 Å². The zero-order valence-corrected chi connectivity index (χ0v) is 24.8. The maximum atomic E-state index is 13.5. The summed E-state index contributed by atoms with van der Waals surface area (Å²) in [5, 5.41) is 16.1. The first-order valence-corrected chi connectivity index (χ1v) is 14.3. The molecule has 11 heteroatoms. The number of anilines is 3. The van der Waals surface area contributed by atoms with E-state index < -0.39 is 5.97 Å². The number of piperazine rings is 1. The molecule has 0 aliphatic carbocycles. The fourth-order valence-corrected chi connectivity index (χ4v) is 5.46. The van der Waals surface area contributed by atoms with E-state index in [1.807, 2.05) is 42.5 Å². The maximum absolute atomic E-state index is 13.5. The molecule has 0 atom stereocenters. The number of carbonyl (C=O) groups excluding carboxylic acids is 3. The predicted molar refractivity (Wildman–Crippen MR) is 170 cm³/mol. The van der Waals surface area contributed by atoms with E-state index in [1.54, 1.807) is 42.5 Å². The number of nitrogens with one attached hydrogen (secondary N) is 2. The molecule has 0 spiro atoms. The van der Waals surface area contributed by atoms with Gasteiger partial charge in [0, 0.05) is 60.9 Å². The van der Waals surface area contributed by atoms with Gasteiger partial charge in [-0.3, -0.25) is 14.5 Å². The zero-order chi connectivity index (χ0) is 30.8. The summed E-state index contributed by atoms with van der Waals surface area (Å²) >= 11 is 0. The fourth-order valence-electron chi connectivity index (χ4n) is 5.46. The summed E-state index contributed by atoms with van der Waals surface area (Å²) < 4.78 is 4.85. The molecule has 2 aliphatic heterocycles. The van der Waals surface area contributed by atoms with Gasteiger partial charge < -0.3 is 25.2 Å². The summed E-state index contributed by atoms with van der Waals surface area (Å²) in [4.78, 5) is 44.7. The van der Waals surface area contributed by atoms with Crippen molar-refractivity contribution >= 4 is 56.9 Å². The Balaban J connectivity index is 1.32. The lowest BCUT2D eigenvalue weighted by Crippen LogP contribution is -2.48. The molecule has 0 saturated carbocycles. The number of amides is 2. The van der Waals surface area contributed by atoms with Crippen LogP contribution in [0, 0.1) is 0 Å². The average molecular weight is 592 g/mol. The van der Waals surface area contributed by atoms with Crippen molar-refractivity contribution < 1.29 is 19.1 Å². The third kappa shape index (κ3) is 5.87. The van der Waals surface area contributed by atoms with Crippen LogP contribution in [0.2, 0.25) is 0 Å². The number of rotatable bonds is 7. The van der Waals surface area contributed by atoms with Gasteiger partial charge >= 0.3 is 5.97 Å². The van der Waals surface area contributed by atoms with Gasteiger partial charge in [0.15, 0.2) is 0 Å². The van der Waals surface area contributed by atoms with E-state index in [0.717, 1.165) is 53.9 Å². The Morgan fingerprint density at radius 1 is 0.932 bits per heavy atom. The van der Waals surface area contributed by atoms with Gasteiger partial charge in [0.1, 0.15) is 0 Å². The molecule has 11 nitrogen and oxygen atoms in total. The highest BCUT2D eigenvalue weighted by Crippen LogP contribution is 2.39. The highest BCUT2D eigenvalue weighted by atomic mass is 16.5. The molecule has 6 rings (SSSR count). The largest absolute Gasteiger partial charge is 0.465 e. The van der Waals surface area contributed by atoms with Crippen LogP contribution in [0.15, 0.2) is 73.1 Å². The van der Waals surface area contributed by atoms with Gasteiger partial charge in [-0.05, 0) is 55.1 Å². The summed E-state index contributed by atoms with van der Waals surface area (Å²) in [6, 6.07) is 18.3. The minimum atomic E-state index is -0.486. The summed E-state index contributed by atoms with van der Waals surface area (Å²) in [6.45, 7) is 4.03. The molecule has 3 heterocycles. The molecule has 44 heavy (non-hydrogen) atoms. The zero-order valence-electron chi connectivity index (χ0n) is 24.8. The Hall–Kier alpha value is -5.13. The van der Waals surface area contributed by atoms with E-state index in [0.29, 0.717) is 34.6 Å². The summed E-state index contributed by atoms with van der Waals surface area (Å²) in [5.74, 6) is -0.758. The number of fused-ring (bicyclic) bond motifs is 2. The topological polar surface area (TPSA) is 120 Å². The van der Waals surface area contributed by atoms with Crippen molar-refractivity contribution in [3.8, 4) is 0 Å². The molecule has 1 saturated heterocycles. The van der Waals surface area contributed by atoms with Crippen LogP contribution in [0.25, 0.3) is 22.0 Å². The van der Waals surface area contributed by atoms with Crippen LogP contribution in [0.4, 0.5) is 17.1 Å². The molecule has 2 N–H and O–H groups in total. The summed E-state index contributed by atoms with van der Waals surface area (Å²) in [7, 11) is 5.20. The Morgan fingerprint density at radius 3 is 2.36 bits per heavy atom. The van der Waals surface area contributed by atoms with Crippen LogP contribution >= 0.6 is 0 Å². The first-order valence-electron chi connectivity index (χ1n) is 14.3. The van der Waals surface area contributed by atoms with E-state index in [9.17, 15) is 14.4 Å². The molecule has 224 valence electrons. The molecule has 2 aliphatic rings. The van der Waals surface area contributed by atoms with Crippen molar-refractivity contribution in [1.29, 1.82) is 0 Å². The van der Waals surface area contributed by atoms with Gasteiger partial charge in [0.25, 0.3) is 5.91 Å². The third-order valence-electron chi connectivity index (χ3n) is 8.12. The second kappa shape index (κ2) is 12.2. The second-order valence-electron chi connectivity index (χ2n) is 11.0. The molecule has 2 amide bonds. The van der Waals surface area contributed by atoms with E-state index in [4.69, 9.17) is 4.74 Å². The Bertz CT molecular complexity index is 1780. The number of benzene rings is 3. The molecule has 3 aromatic carbocycles. The van der Waals surface area contributed by atoms with Gasteiger partial charge in [-0.15, -0.1) is 0 Å². The SMILES string of the molecule is COC(=O)c1ccc2c(c1)NC(=O)C2=C(Nc1ccc(N(C)C(=O)CN2CCN(C)CC2)cc1)c1ccc2cnncc2c1. The number of hydrogen-bond donors (Lipinski definition) is 2. The molecule has 0 unspecified atom stereocenters. The van der Waals surface area contributed by atoms with Crippen molar-refractivity contribution in [2.24, 2.45) is 0 Å². The Kier molecular flexibility index (Phi) is 8.05. The third-order valence-corrected chi connectivity index (χ3v) is 8.12. The Morgan fingerprint density at radius 2 is 1.64 bits per heavy atom. The Labute approximate surface area is 255 Å². The minimum absolute atomic E-state index is 0.0305. The molecule has 4 aromatic rings. The molecule has 0 radical (unpaired) electrons. The van der Waals surface area contributed by atoms with Gasteiger partial charge in [0.05, 0.1) is 48.6 Å². The number of nitrogens with zero attached hydrogens (tertiary/aromatic N) is 5. The van der Waals surface area contributed by atoms with E-state index >= 15 is 0 Å². The van der Waals surface area contributed by atoms with Crippen LogP contribution in [0.3, 0.4) is 0 Å². The van der Waals surface area contributed by atoms with E-state index in [2.05, 4.69) is 37.7 Å². The number of hydrogen-bond acceptors (Lipinski definition) is 9. The highest BCUT2D eigenvalue weighted by molar-refractivity contribution is 6.37. The summed E-state index contributed by atoms with van der Waals surface area (Å²) in [5.41, 5.74) is 4.81. The van der Waals surface area contributed by atoms with Crippen molar-refractivity contribution in [2.75, 3.05) is 69.5 Å². The minimum Gasteiger partial charge on any atom is -0.465 e. The maximum Gasteiger partial charge on any atom is 0.337 e. The first-order chi connectivity index (χ1) is 21.3. The number of methoxy groups -OCH3 is 1. The molecular formula is C33H33N7O4. The van der Waals surface area contributed by atoms with Crippen LogP contribution in [0.5, 0.6) is 0 Å². The predicted octanol–water partition coefficient (Wildman–Crippen LogP) is 3.56. The van der Waals surface area contributed by atoms with Gasteiger partial charge in [0.2, 0.25) is 5.91 Å². The van der Waals surface area contributed by atoms with Crippen molar-refractivity contribution in [3.63, 3.8) is 0 Å². The smallest absolute Gasteiger partial charge is 0.337 e. The number of aromatic nitrogens is 2. The number of carbonyl (C=O) groups is 3. The summed E-state index contributed by atoms with van der Waals surface area (Å²) in [6.07, 6.45) is 3.36. The number of ether oxygens (including phenoxy) is 1. The molecule has 1 fully saturated rings. The standard InChI is InChI=1S/C33H33N7O4/c1-38-12-14-40(15-13-38)20-29(41)39(2)26-9-7-25(8-10-26)36-31(21-4-5-23-18-34-35-19-24(23)16-21)30-27-11-6-22(33(43)44-3)17-28(27)37-32(30)42/h4-11,16-19,36H,12-15,20H2,1-3H3,(H,37,42). The van der Waals surface area contributed by atoms with Crippen LogP contribution in [-0.4, -0.2) is 91.7 Å². The van der Waals surface area contributed by atoms with Crippen molar-refractivity contribution in [2.45, 2.75) is 0 Å². The van der Waals surface area contributed by atoms with E-state index in [1.165, 1.54) is 7.11 Å². The average Bonchev–Trinajstić information content (AvgIpc) is 3.38. The molecule has 1 aromatic heterocycles. The van der Waals surface area contributed by atoms with Crippen LogP contribution < -0.4 is 15.5 Å². The van der Waals surface area contributed by atoms with Crippen molar-refractivity contribution in [3.05, 3.63) is 89.7 Å². The second-order valence-corrected chi connectivity index (χ2v) is 11.0.